The van der Waals surface area contributed by atoms with E-state index in [4.69, 9.17) is 0 Å². The first-order chi connectivity index (χ1) is 8.56. The Morgan fingerprint density at radius 3 is 2.78 bits per heavy atom. The van der Waals surface area contributed by atoms with Gasteiger partial charge in [0.2, 0.25) is 11.8 Å². The quantitative estimate of drug-likeness (QED) is 0.834. The van der Waals surface area contributed by atoms with Crippen LogP contribution in [-0.2, 0) is 16.0 Å². The van der Waals surface area contributed by atoms with Crippen LogP contribution in [0.15, 0.2) is 18.2 Å². The van der Waals surface area contributed by atoms with Crippen LogP contribution in [0.1, 0.15) is 5.56 Å². The average molecular weight is 254 g/mol. The molecule has 0 radical (unpaired) electrons. The zero-order chi connectivity index (χ0) is 13.1. The number of hydrogen-bond donors (Lipinski definition) is 1. The van der Waals surface area contributed by atoms with Gasteiger partial charge in [-0.3, -0.25) is 9.59 Å². The van der Waals surface area contributed by atoms with Gasteiger partial charge < -0.3 is 10.2 Å². The van der Waals surface area contributed by atoms with Gasteiger partial charge in [-0.1, -0.05) is 6.07 Å². The monoisotopic (exact) mass is 254 g/mol. The van der Waals surface area contributed by atoms with Gasteiger partial charge in [0.1, 0.15) is 0 Å². The van der Waals surface area contributed by atoms with Crippen molar-refractivity contribution in [1.29, 1.82) is 0 Å². The molecule has 6 heteroatoms. The molecule has 1 aromatic carbocycles. The normalized spacial score (nSPS) is 15.4. The molecule has 0 aliphatic carbocycles. The fourth-order valence-electron chi connectivity index (χ4n) is 1.79. The first kappa shape index (κ1) is 12.5. The molecule has 1 heterocycles. The average Bonchev–Trinajstić information content (AvgIpc) is 2.34. The van der Waals surface area contributed by atoms with Crippen molar-refractivity contribution < 1.29 is 18.4 Å². The Bertz CT molecular complexity index is 491. The first-order valence-corrected chi connectivity index (χ1v) is 5.54. The number of nitrogens with one attached hydrogen (secondary N) is 1. The number of carbonyl (C=O) groups excluding carboxylic acids is 2. The van der Waals surface area contributed by atoms with Crippen molar-refractivity contribution in [3.05, 3.63) is 35.4 Å². The van der Waals surface area contributed by atoms with Gasteiger partial charge in [-0.2, -0.15) is 0 Å². The summed E-state index contributed by atoms with van der Waals surface area (Å²) in [4.78, 5) is 24.4. The predicted molar refractivity (Wildman–Crippen MR) is 59.7 cm³/mol. The van der Waals surface area contributed by atoms with E-state index in [1.54, 1.807) is 0 Å². The van der Waals surface area contributed by atoms with E-state index < -0.39 is 11.6 Å². The summed E-state index contributed by atoms with van der Waals surface area (Å²) in [6, 6.07) is 3.35. The number of halogens is 2. The van der Waals surface area contributed by atoms with E-state index >= 15 is 0 Å². The Morgan fingerprint density at radius 1 is 1.33 bits per heavy atom. The van der Waals surface area contributed by atoms with Crippen molar-refractivity contribution in [1.82, 2.24) is 10.2 Å². The lowest BCUT2D eigenvalue weighted by atomic mass is 10.1. The zero-order valence-electron chi connectivity index (χ0n) is 9.58. The molecule has 96 valence electrons. The molecular formula is C12H12F2N2O2. The minimum absolute atomic E-state index is 0.0164. The van der Waals surface area contributed by atoms with Crippen LogP contribution >= 0.6 is 0 Å². The summed E-state index contributed by atoms with van der Waals surface area (Å²) in [7, 11) is 0. The topological polar surface area (TPSA) is 49.4 Å². The molecule has 2 amide bonds. The highest BCUT2D eigenvalue weighted by Crippen LogP contribution is 2.10. The lowest BCUT2D eigenvalue weighted by Crippen LogP contribution is -2.50. The number of benzene rings is 1. The summed E-state index contributed by atoms with van der Waals surface area (Å²) in [5.41, 5.74) is 0.393. The molecule has 1 aromatic rings. The third-order valence-corrected chi connectivity index (χ3v) is 2.73. The number of piperazine rings is 1. The number of rotatable bonds is 2. The van der Waals surface area contributed by atoms with Gasteiger partial charge in [-0.25, -0.2) is 8.78 Å². The Labute approximate surface area is 103 Å². The summed E-state index contributed by atoms with van der Waals surface area (Å²) < 4.78 is 25.7. The van der Waals surface area contributed by atoms with Crippen LogP contribution < -0.4 is 5.32 Å². The largest absolute Gasteiger partial charge is 0.353 e. The Hall–Kier alpha value is -1.98. The number of amides is 2. The second-order valence-electron chi connectivity index (χ2n) is 4.09. The van der Waals surface area contributed by atoms with Crippen LogP contribution in [-0.4, -0.2) is 36.3 Å². The van der Waals surface area contributed by atoms with Crippen LogP contribution in [0.2, 0.25) is 0 Å². The predicted octanol–water partition coefficient (Wildman–Crippen LogP) is 0.466. The Morgan fingerprint density at radius 2 is 2.11 bits per heavy atom. The second-order valence-corrected chi connectivity index (χ2v) is 4.09. The van der Waals surface area contributed by atoms with Crippen molar-refractivity contribution in [3.8, 4) is 0 Å². The maximum Gasteiger partial charge on any atom is 0.239 e. The second kappa shape index (κ2) is 5.12. The van der Waals surface area contributed by atoms with E-state index in [0.29, 0.717) is 18.7 Å². The van der Waals surface area contributed by atoms with E-state index in [1.165, 1.54) is 11.0 Å². The Kier molecular flexibility index (Phi) is 3.55. The van der Waals surface area contributed by atoms with Gasteiger partial charge in [0, 0.05) is 13.1 Å². The molecule has 0 spiro atoms. The van der Waals surface area contributed by atoms with Crippen LogP contribution in [0.5, 0.6) is 0 Å². The summed E-state index contributed by atoms with van der Waals surface area (Å²) >= 11 is 0. The van der Waals surface area contributed by atoms with Gasteiger partial charge in [0.15, 0.2) is 11.6 Å². The lowest BCUT2D eigenvalue weighted by molar-refractivity contribution is -0.137. The highest BCUT2D eigenvalue weighted by molar-refractivity contribution is 5.86. The minimum Gasteiger partial charge on any atom is -0.353 e. The smallest absolute Gasteiger partial charge is 0.239 e. The number of nitrogens with zero attached hydrogens (tertiary/aromatic N) is 1. The van der Waals surface area contributed by atoms with Crippen LogP contribution in [0, 0.1) is 11.6 Å². The first-order valence-electron chi connectivity index (χ1n) is 5.54. The van der Waals surface area contributed by atoms with Crippen LogP contribution in [0.25, 0.3) is 0 Å². The standard InChI is InChI=1S/C12H12F2N2O2/c13-9-2-1-8(5-10(9)14)6-12(18)16-4-3-15-11(17)7-16/h1-2,5H,3-4,6-7H2,(H,15,17). The van der Waals surface area contributed by atoms with Crippen molar-refractivity contribution in [2.45, 2.75) is 6.42 Å². The molecule has 0 atom stereocenters. The van der Waals surface area contributed by atoms with E-state index in [9.17, 15) is 18.4 Å². The molecular weight excluding hydrogens is 242 g/mol. The molecule has 1 fully saturated rings. The summed E-state index contributed by atoms with van der Waals surface area (Å²) in [6.07, 6.45) is -0.0372. The molecule has 0 aromatic heterocycles. The van der Waals surface area contributed by atoms with Gasteiger partial charge in [0.05, 0.1) is 13.0 Å². The number of carbonyl (C=O) groups is 2. The van der Waals surface area contributed by atoms with Gasteiger partial charge >= 0.3 is 0 Å². The molecule has 18 heavy (non-hydrogen) atoms. The fraction of sp³-hybridized carbons (Fsp3) is 0.333. The van der Waals surface area contributed by atoms with E-state index in [1.807, 2.05) is 0 Å². The van der Waals surface area contributed by atoms with Crippen LogP contribution in [0.4, 0.5) is 8.78 Å². The van der Waals surface area contributed by atoms with E-state index in [-0.39, 0.29) is 24.8 Å². The third-order valence-electron chi connectivity index (χ3n) is 2.73. The van der Waals surface area contributed by atoms with Crippen molar-refractivity contribution in [3.63, 3.8) is 0 Å². The molecule has 4 nitrogen and oxygen atoms in total. The van der Waals surface area contributed by atoms with Crippen molar-refractivity contribution in [2.24, 2.45) is 0 Å². The lowest BCUT2D eigenvalue weighted by Gasteiger charge is -2.26. The van der Waals surface area contributed by atoms with Crippen LogP contribution in [0.3, 0.4) is 0 Å². The maximum absolute atomic E-state index is 13.0. The van der Waals surface area contributed by atoms with Crippen molar-refractivity contribution in [2.75, 3.05) is 19.6 Å². The van der Waals surface area contributed by atoms with E-state index in [0.717, 1.165) is 12.1 Å². The molecule has 0 bridgehead atoms. The highest BCUT2D eigenvalue weighted by atomic mass is 19.2. The Balaban J connectivity index is 2.02. The molecule has 1 aliphatic heterocycles. The minimum atomic E-state index is -0.975. The summed E-state index contributed by atoms with van der Waals surface area (Å²) in [5, 5.41) is 2.60. The molecule has 0 saturated carbocycles. The van der Waals surface area contributed by atoms with Gasteiger partial charge in [-0.05, 0) is 17.7 Å². The molecule has 1 aliphatic rings. The highest BCUT2D eigenvalue weighted by Gasteiger charge is 2.21. The van der Waals surface area contributed by atoms with Gasteiger partial charge in [-0.15, -0.1) is 0 Å². The number of hydrogen-bond acceptors (Lipinski definition) is 2. The third kappa shape index (κ3) is 2.82. The fourth-order valence-corrected chi connectivity index (χ4v) is 1.79. The molecule has 1 saturated heterocycles. The van der Waals surface area contributed by atoms with Crippen molar-refractivity contribution >= 4 is 11.8 Å². The molecule has 2 rings (SSSR count). The molecule has 0 unspecified atom stereocenters. The maximum atomic E-state index is 13.0. The molecule has 1 N–H and O–H groups in total. The van der Waals surface area contributed by atoms with Gasteiger partial charge in [0.25, 0.3) is 0 Å². The summed E-state index contributed by atoms with van der Waals surface area (Å²) in [6.45, 7) is 0.874. The summed E-state index contributed by atoms with van der Waals surface area (Å²) in [5.74, 6) is -2.39. The zero-order valence-corrected chi connectivity index (χ0v) is 9.58. The SMILES string of the molecule is O=C1CN(C(=O)Cc2ccc(F)c(F)c2)CCN1. The van der Waals surface area contributed by atoms with E-state index in [2.05, 4.69) is 5.32 Å².